The molecule has 3 N–H and O–H groups in total. The highest BCUT2D eigenvalue weighted by Crippen LogP contribution is 2.31. The van der Waals surface area contributed by atoms with Crippen molar-refractivity contribution in [3.8, 4) is 22.9 Å². The van der Waals surface area contributed by atoms with Crippen LogP contribution in [0.15, 0.2) is 109 Å². The van der Waals surface area contributed by atoms with Crippen molar-refractivity contribution in [2.45, 2.75) is 18.0 Å². The molecular formula is C32H26F3N5O3S. The lowest BCUT2D eigenvalue weighted by molar-refractivity contribution is -0.138. The summed E-state index contributed by atoms with van der Waals surface area (Å²) in [6, 6.07) is 29.3. The van der Waals surface area contributed by atoms with Crippen molar-refractivity contribution in [3.05, 3.63) is 120 Å². The summed E-state index contributed by atoms with van der Waals surface area (Å²) in [5.74, 6) is 1.21. The molecule has 1 heterocycles. The molecule has 0 spiro atoms. The number of hydrogen-bond donors (Lipinski definition) is 3. The predicted octanol–water partition coefficient (Wildman–Crippen LogP) is 7.89. The van der Waals surface area contributed by atoms with Crippen molar-refractivity contribution in [2.24, 2.45) is 0 Å². The van der Waals surface area contributed by atoms with Crippen LogP contribution in [0.5, 0.6) is 11.5 Å². The van der Waals surface area contributed by atoms with Crippen LogP contribution >= 0.6 is 11.8 Å². The Kier molecular flexibility index (Phi) is 9.60. The summed E-state index contributed by atoms with van der Waals surface area (Å²) in [5, 5.41) is 15.7. The largest absolute Gasteiger partial charge is 0.480 e. The SMILES string of the molecule is O=C(O)[C@H](CSCc1ccccc1)Nc1nc(Nc2ccc(C(F)(F)F)cc2)nc(-c2ccc(Oc3ccccc3)cc2)n1. The highest BCUT2D eigenvalue weighted by atomic mass is 32.2. The molecule has 1 aromatic heterocycles. The van der Waals surface area contributed by atoms with Crippen molar-refractivity contribution in [3.63, 3.8) is 0 Å². The van der Waals surface area contributed by atoms with Gasteiger partial charge < -0.3 is 20.5 Å². The first-order valence-electron chi connectivity index (χ1n) is 13.4. The van der Waals surface area contributed by atoms with E-state index in [0.717, 1.165) is 17.7 Å². The molecule has 4 aromatic carbocycles. The highest BCUT2D eigenvalue weighted by Gasteiger charge is 2.30. The molecule has 0 radical (unpaired) electrons. The maximum absolute atomic E-state index is 13.0. The quantitative estimate of drug-likeness (QED) is 0.129. The van der Waals surface area contributed by atoms with E-state index in [0.29, 0.717) is 28.5 Å². The third-order valence-corrected chi connectivity index (χ3v) is 7.30. The zero-order chi connectivity index (χ0) is 30.9. The molecule has 0 saturated heterocycles. The van der Waals surface area contributed by atoms with Crippen LogP contribution in [0.4, 0.5) is 30.8 Å². The van der Waals surface area contributed by atoms with Gasteiger partial charge in [0.15, 0.2) is 5.82 Å². The first kappa shape index (κ1) is 30.4. The van der Waals surface area contributed by atoms with Crippen molar-refractivity contribution in [1.29, 1.82) is 0 Å². The van der Waals surface area contributed by atoms with Gasteiger partial charge in [-0.3, -0.25) is 0 Å². The van der Waals surface area contributed by atoms with E-state index in [-0.39, 0.29) is 23.5 Å². The molecule has 0 saturated carbocycles. The fourth-order valence-corrected chi connectivity index (χ4v) is 5.00. The van der Waals surface area contributed by atoms with Gasteiger partial charge in [-0.2, -0.15) is 39.9 Å². The van der Waals surface area contributed by atoms with Gasteiger partial charge in [0, 0.05) is 22.8 Å². The Morgan fingerprint density at radius 1 is 0.795 bits per heavy atom. The maximum atomic E-state index is 13.0. The first-order valence-corrected chi connectivity index (χ1v) is 14.5. The summed E-state index contributed by atoms with van der Waals surface area (Å²) >= 11 is 1.44. The van der Waals surface area contributed by atoms with Gasteiger partial charge in [0.05, 0.1) is 5.56 Å². The number of halogens is 3. The van der Waals surface area contributed by atoms with Crippen LogP contribution in [-0.2, 0) is 16.7 Å². The Labute approximate surface area is 255 Å². The minimum absolute atomic E-state index is 0.0123. The number of hydrogen-bond acceptors (Lipinski definition) is 8. The molecule has 5 rings (SSSR count). The standard InChI is InChI=1S/C32H26F3N5O3S/c33-32(34,35)23-13-15-24(16-14-23)36-30-38-28(22-11-17-26(18-12-22)43-25-9-5-2-6-10-25)39-31(40-30)37-27(29(41)42)20-44-19-21-7-3-1-4-8-21/h1-18,27H,19-20H2,(H,41,42)(H2,36,37,38,39,40)/t27-/m0/s1. The van der Waals surface area contributed by atoms with Crippen LogP contribution in [0.25, 0.3) is 11.4 Å². The summed E-state index contributed by atoms with van der Waals surface area (Å²) in [4.78, 5) is 25.3. The topological polar surface area (TPSA) is 109 Å². The maximum Gasteiger partial charge on any atom is 0.416 e. The summed E-state index contributed by atoms with van der Waals surface area (Å²) < 4.78 is 45.0. The number of carboxylic acid groups (broad SMARTS) is 1. The Morgan fingerprint density at radius 3 is 2.05 bits per heavy atom. The van der Waals surface area contributed by atoms with E-state index in [1.165, 1.54) is 23.9 Å². The van der Waals surface area contributed by atoms with E-state index in [1.807, 2.05) is 60.7 Å². The molecule has 0 amide bonds. The van der Waals surface area contributed by atoms with Gasteiger partial charge >= 0.3 is 12.1 Å². The predicted molar refractivity (Wildman–Crippen MR) is 164 cm³/mol. The number of nitrogens with zero attached hydrogens (tertiary/aromatic N) is 3. The molecule has 12 heteroatoms. The third kappa shape index (κ3) is 8.48. The Hall–Kier alpha value is -5.10. The van der Waals surface area contributed by atoms with E-state index >= 15 is 0 Å². The molecule has 224 valence electrons. The zero-order valence-corrected chi connectivity index (χ0v) is 23.8. The highest BCUT2D eigenvalue weighted by molar-refractivity contribution is 7.98. The van der Waals surface area contributed by atoms with Gasteiger partial charge in [-0.1, -0.05) is 48.5 Å². The molecule has 0 aliphatic rings. The number of thioether (sulfide) groups is 1. The van der Waals surface area contributed by atoms with Crippen molar-refractivity contribution in [2.75, 3.05) is 16.4 Å². The normalized spacial score (nSPS) is 11.9. The molecule has 0 fully saturated rings. The number of alkyl halides is 3. The number of para-hydroxylation sites is 1. The van der Waals surface area contributed by atoms with Gasteiger partial charge in [-0.15, -0.1) is 0 Å². The van der Waals surface area contributed by atoms with Crippen LogP contribution in [0.1, 0.15) is 11.1 Å². The number of ether oxygens (including phenoxy) is 1. The van der Waals surface area contributed by atoms with Crippen LogP contribution in [0.3, 0.4) is 0 Å². The lowest BCUT2D eigenvalue weighted by Crippen LogP contribution is -2.32. The van der Waals surface area contributed by atoms with E-state index < -0.39 is 23.8 Å². The average molecular weight is 618 g/mol. The van der Waals surface area contributed by atoms with Gasteiger partial charge in [0.2, 0.25) is 11.9 Å². The van der Waals surface area contributed by atoms with Gasteiger partial charge in [-0.05, 0) is 66.2 Å². The molecule has 0 unspecified atom stereocenters. The number of carbonyl (C=O) groups is 1. The summed E-state index contributed by atoms with van der Waals surface area (Å²) in [5.41, 5.74) is 1.15. The van der Waals surface area contributed by atoms with Crippen LogP contribution in [-0.4, -0.2) is 37.8 Å². The Morgan fingerprint density at radius 2 is 1.41 bits per heavy atom. The molecule has 0 aliphatic heterocycles. The second kappa shape index (κ2) is 13.9. The summed E-state index contributed by atoms with van der Waals surface area (Å²) in [7, 11) is 0. The Bertz CT molecular complexity index is 1670. The number of aliphatic carboxylic acids is 1. The van der Waals surface area contributed by atoms with Crippen LogP contribution < -0.4 is 15.4 Å². The number of carboxylic acids is 1. The van der Waals surface area contributed by atoms with E-state index in [9.17, 15) is 23.1 Å². The second-order valence-corrected chi connectivity index (χ2v) is 10.5. The summed E-state index contributed by atoms with van der Waals surface area (Å²) in [6.45, 7) is 0. The molecular weight excluding hydrogens is 591 g/mol. The van der Waals surface area contributed by atoms with E-state index in [1.54, 1.807) is 24.3 Å². The van der Waals surface area contributed by atoms with E-state index in [4.69, 9.17) is 4.74 Å². The van der Waals surface area contributed by atoms with Gasteiger partial charge in [-0.25, -0.2) is 4.79 Å². The van der Waals surface area contributed by atoms with Gasteiger partial charge in [0.1, 0.15) is 17.5 Å². The van der Waals surface area contributed by atoms with Crippen molar-refractivity contribution >= 4 is 35.3 Å². The number of anilines is 3. The molecule has 8 nitrogen and oxygen atoms in total. The summed E-state index contributed by atoms with van der Waals surface area (Å²) in [6.07, 6.45) is -4.48. The zero-order valence-electron chi connectivity index (χ0n) is 23.0. The number of rotatable bonds is 12. The molecule has 1 atom stereocenters. The lowest BCUT2D eigenvalue weighted by atomic mass is 10.2. The number of nitrogens with one attached hydrogen (secondary N) is 2. The number of benzene rings is 4. The monoisotopic (exact) mass is 617 g/mol. The minimum atomic E-state index is -4.48. The smallest absolute Gasteiger partial charge is 0.416 e. The first-order chi connectivity index (χ1) is 21.2. The second-order valence-electron chi connectivity index (χ2n) is 9.48. The fraction of sp³-hybridized carbons (Fsp3) is 0.125. The fourth-order valence-electron chi connectivity index (χ4n) is 3.99. The van der Waals surface area contributed by atoms with Crippen LogP contribution in [0.2, 0.25) is 0 Å². The molecule has 0 aliphatic carbocycles. The van der Waals surface area contributed by atoms with E-state index in [2.05, 4.69) is 25.6 Å². The average Bonchev–Trinajstić information content (AvgIpc) is 3.02. The van der Waals surface area contributed by atoms with Crippen LogP contribution in [0, 0.1) is 0 Å². The van der Waals surface area contributed by atoms with Crippen molar-refractivity contribution in [1.82, 2.24) is 15.0 Å². The molecule has 5 aromatic rings. The number of aromatic nitrogens is 3. The minimum Gasteiger partial charge on any atom is -0.480 e. The van der Waals surface area contributed by atoms with Crippen molar-refractivity contribution < 1.29 is 27.8 Å². The lowest BCUT2D eigenvalue weighted by Gasteiger charge is -2.16. The Balaban J connectivity index is 1.39. The third-order valence-electron chi connectivity index (χ3n) is 6.19. The van der Waals surface area contributed by atoms with Gasteiger partial charge in [0.25, 0.3) is 0 Å². The molecule has 0 bridgehead atoms. The molecule has 44 heavy (non-hydrogen) atoms.